The van der Waals surface area contributed by atoms with Crippen molar-refractivity contribution in [2.75, 3.05) is 26.8 Å². The predicted octanol–water partition coefficient (Wildman–Crippen LogP) is 2.88. The van der Waals surface area contributed by atoms with E-state index in [0.717, 1.165) is 26.1 Å². The Morgan fingerprint density at radius 1 is 1.31 bits per heavy atom. The smallest absolute Gasteiger partial charge is 0.341 e. The van der Waals surface area contributed by atoms with E-state index in [4.69, 9.17) is 13.9 Å². The molecule has 1 unspecified atom stereocenters. The zero-order valence-electron chi connectivity index (χ0n) is 16.8. The number of esters is 1. The summed E-state index contributed by atoms with van der Waals surface area (Å²) < 4.78 is 16.1. The number of guanidine groups is 1. The number of ether oxygens (including phenoxy) is 2. The fraction of sp³-hybridized carbons (Fsp3) is 0.684. The van der Waals surface area contributed by atoms with Gasteiger partial charge in [-0.25, -0.2) is 9.79 Å². The molecular weight excluding hydrogens is 334 g/mol. The van der Waals surface area contributed by atoms with Gasteiger partial charge in [0.2, 0.25) is 0 Å². The summed E-state index contributed by atoms with van der Waals surface area (Å²) in [5.41, 5.74) is 0.437. The summed E-state index contributed by atoms with van der Waals surface area (Å²) in [6.07, 6.45) is 1.13. The molecule has 1 aromatic rings. The highest BCUT2D eigenvalue weighted by Crippen LogP contribution is 2.16. The van der Waals surface area contributed by atoms with E-state index in [0.29, 0.717) is 35.5 Å². The van der Waals surface area contributed by atoms with E-state index in [9.17, 15) is 4.79 Å². The Balaban J connectivity index is 2.64. The van der Waals surface area contributed by atoms with Gasteiger partial charge in [0, 0.05) is 19.7 Å². The summed E-state index contributed by atoms with van der Waals surface area (Å²) in [5, 5.41) is 6.52. The lowest BCUT2D eigenvalue weighted by Gasteiger charge is -2.21. The zero-order chi connectivity index (χ0) is 19.5. The van der Waals surface area contributed by atoms with Crippen LogP contribution < -0.4 is 10.6 Å². The van der Waals surface area contributed by atoms with Crippen LogP contribution in [-0.2, 0) is 16.0 Å². The van der Waals surface area contributed by atoms with E-state index >= 15 is 0 Å². The molecule has 7 heteroatoms. The Labute approximate surface area is 156 Å². The summed E-state index contributed by atoms with van der Waals surface area (Å²) in [4.78, 5) is 16.2. The molecule has 0 radical (unpaired) electrons. The van der Waals surface area contributed by atoms with Crippen molar-refractivity contribution < 1.29 is 18.7 Å². The number of aryl methyl sites for hydroxylation is 1. The molecule has 0 aliphatic carbocycles. The Morgan fingerprint density at radius 3 is 2.62 bits per heavy atom. The monoisotopic (exact) mass is 367 g/mol. The van der Waals surface area contributed by atoms with Crippen molar-refractivity contribution in [2.24, 2.45) is 10.9 Å². The maximum atomic E-state index is 11.6. The van der Waals surface area contributed by atoms with Crippen molar-refractivity contribution in [2.45, 2.75) is 53.7 Å². The number of nitrogens with zero attached hydrogens (tertiary/aromatic N) is 1. The van der Waals surface area contributed by atoms with Crippen LogP contribution >= 0.6 is 0 Å². The van der Waals surface area contributed by atoms with Gasteiger partial charge < -0.3 is 24.5 Å². The SMILES string of the molecule is CCNC(=NCc1cc(C(=O)OC)c(C)o1)NCCC(OCC)C(C)C. The quantitative estimate of drug-likeness (QED) is 0.376. The van der Waals surface area contributed by atoms with Gasteiger partial charge in [0.15, 0.2) is 5.96 Å². The van der Waals surface area contributed by atoms with Crippen molar-refractivity contribution in [3.8, 4) is 0 Å². The van der Waals surface area contributed by atoms with Gasteiger partial charge in [-0.15, -0.1) is 0 Å². The molecule has 0 saturated heterocycles. The highest BCUT2D eigenvalue weighted by Gasteiger charge is 2.15. The molecule has 7 nitrogen and oxygen atoms in total. The van der Waals surface area contributed by atoms with E-state index in [1.807, 2.05) is 13.8 Å². The third-order valence-corrected chi connectivity index (χ3v) is 3.96. The minimum absolute atomic E-state index is 0.228. The Bertz CT molecular complexity index is 581. The van der Waals surface area contributed by atoms with Crippen LogP contribution in [0.1, 0.15) is 56.0 Å². The van der Waals surface area contributed by atoms with Crippen LogP contribution in [0.2, 0.25) is 0 Å². The second-order valence-corrected chi connectivity index (χ2v) is 6.32. The first-order valence-corrected chi connectivity index (χ1v) is 9.24. The van der Waals surface area contributed by atoms with Gasteiger partial charge in [-0.05, 0) is 39.2 Å². The normalized spacial score (nSPS) is 13.0. The minimum atomic E-state index is -0.401. The van der Waals surface area contributed by atoms with Gasteiger partial charge in [-0.2, -0.15) is 0 Å². The Morgan fingerprint density at radius 2 is 2.04 bits per heavy atom. The van der Waals surface area contributed by atoms with Gasteiger partial charge in [0.25, 0.3) is 0 Å². The molecule has 0 aliphatic heterocycles. The van der Waals surface area contributed by atoms with Gasteiger partial charge in [-0.1, -0.05) is 13.8 Å². The molecule has 0 aliphatic rings. The Kier molecular flexibility index (Phi) is 9.80. The zero-order valence-corrected chi connectivity index (χ0v) is 16.8. The third kappa shape index (κ3) is 7.07. The lowest BCUT2D eigenvalue weighted by Crippen LogP contribution is -2.39. The Hall–Kier alpha value is -2.02. The molecule has 1 aromatic heterocycles. The lowest BCUT2D eigenvalue weighted by atomic mass is 10.0. The van der Waals surface area contributed by atoms with Crippen molar-refractivity contribution in [3.05, 3.63) is 23.2 Å². The summed E-state index contributed by atoms with van der Waals surface area (Å²) in [6, 6.07) is 1.68. The summed E-state index contributed by atoms with van der Waals surface area (Å²) in [5.74, 6) is 1.94. The number of rotatable bonds is 10. The first kappa shape index (κ1) is 22.0. The van der Waals surface area contributed by atoms with Crippen LogP contribution in [0.25, 0.3) is 0 Å². The van der Waals surface area contributed by atoms with Crippen molar-refractivity contribution in [1.29, 1.82) is 0 Å². The molecule has 148 valence electrons. The van der Waals surface area contributed by atoms with Crippen LogP contribution in [0, 0.1) is 12.8 Å². The highest BCUT2D eigenvalue weighted by atomic mass is 16.5. The van der Waals surface area contributed by atoms with E-state index in [-0.39, 0.29) is 6.10 Å². The lowest BCUT2D eigenvalue weighted by molar-refractivity contribution is 0.0258. The van der Waals surface area contributed by atoms with Gasteiger partial charge in [0.05, 0.1) is 13.2 Å². The molecule has 0 fully saturated rings. The minimum Gasteiger partial charge on any atom is -0.465 e. The molecule has 1 heterocycles. The number of furan rings is 1. The average molecular weight is 367 g/mol. The first-order valence-electron chi connectivity index (χ1n) is 9.24. The maximum Gasteiger partial charge on any atom is 0.341 e. The van der Waals surface area contributed by atoms with Crippen molar-refractivity contribution >= 4 is 11.9 Å². The number of aliphatic imine (C=N–C) groups is 1. The van der Waals surface area contributed by atoms with Gasteiger partial charge in [-0.3, -0.25) is 0 Å². The fourth-order valence-electron chi connectivity index (χ4n) is 2.59. The third-order valence-electron chi connectivity index (χ3n) is 3.96. The van der Waals surface area contributed by atoms with Crippen LogP contribution in [0.3, 0.4) is 0 Å². The molecule has 0 aromatic carbocycles. The van der Waals surface area contributed by atoms with E-state index in [1.54, 1.807) is 13.0 Å². The molecule has 1 rings (SSSR count). The summed E-state index contributed by atoms with van der Waals surface area (Å²) >= 11 is 0. The van der Waals surface area contributed by atoms with Crippen LogP contribution in [0.15, 0.2) is 15.5 Å². The highest BCUT2D eigenvalue weighted by molar-refractivity contribution is 5.90. The molecule has 0 spiro atoms. The number of carbonyl (C=O) groups excluding carboxylic acids is 1. The van der Waals surface area contributed by atoms with E-state index in [2.05, 4.69) is 29.5 Å². The molecule has 0 amide bonds. The molecule has 1 atom stereocenters. The molecule has 2 N–H and O–H groups in total. The maximum absolute atomic E-state index is 11.6. The first-order chi connectivity index (χ1) is 12.4. The summed E-state index contributed by atoms with van der Waals surface area (Å²) in [6.45, 7) is 12.7. The number of carbonyl (C=O) groups is 1. The number of hydrogen-bond acceptors (Lipinski definition) is 5. The average Bonchev–Trinajstić information content (AvgIpc) is 2.98. The number of nitrogens with one attached hydrogen (secondary N) is 2. The van der Waals surface area contributed by atoms with Crippen LogP contribution in [0.5, 0.6) is 0 Å². The summed E-state index contributed by atoms with van der Waals surface area (Å²) in [7, 11) is 1.35. The molecule has 0 saturated carbocycles. The fourth-order valence-corrected chi connectivity index (χ4v) is 2.59. The van der Waals surface area contributed by atoms with Gasteiger partial charge in [0.1, 0.15) is 23.6 Å². The van der Waals surface area contributed by atoms with Crippen LogP contribution in [-0.4, -0.2) is 44.8 Å². The van der Waals surface area contributed by atoms with Crippen LogP contribution in [0.4, 0.5) is 0 Å². The predicted molar refractivity (Wildman–Crippen MR) is 102 cm³/mol. The van der Waals surface area contributed by atoms with Gasteiger partial charge >= 0.3 is 5.97 Å². The topological polar surface area (TPSA) is 85.1 Å². The van der Waals surface area contributed by atoms with Crippen molar-refractivity contribution in [1.82, 2.24) is 10.6 Å². The molecule has 0 bridgehead atoms. The number of hydrogen-bond donors (Lipinski definition) is 2. The van der Waals surface area contributed by atoms with E-state index in [1.165, 1.54) is 7.11 Å². The second-order valence-electron chi connectivity index (χ2n) is 6.32. The molecular formula is C19H33N3O4. The van der Waals surface area contributed by atoms with E-state index < -0.39 is 5.97 Å². The largest absolute Gasteiger partial charge is 0.465 e. The molecule has 26 heavy (non-hydrogen) atoms. The number of methoxy groups -OCH3 is 1. The second kappa shape index (κ2) is 11.6. The standard InChI is InChI=1S/C19H33N3O4/c1-7-20-19(21-10-9-17(13(3)4)25-8-2)22-12-15-11-16(14(5)26-15)18(23)24-6/h11,13,17H,7-10,12H2,1-6H3,(H2,20,21,22). The van der Waals surface area contributed by atoms with Crippen molar-refractivity contribution in [3.63, 3.8) is 0 Å².